The fourth-order valence-corrected chi connectivity index (χ4v) is 1.71. The van der Waals surface area contributed by atoms with Gasteiger partial charge in [0, 0.05) is 29.6 Å². The van der Waals surface area contributed by atoms with E-state index in [1.807, 2.05) is 12.3 Å². The number of nitrogen functional groups attached to an aromatic ring is 1. The van der Waals surface area contributed by atoms with Crippen LogP contribution in [0.2, 0.25) is 5.02 Å². The van der Waals surface area contributed by atoms with Crippen LogP contribution in [-0.2, 0) is 6.54 Å². The molecule has 1 amide bonds. The summed E-state index contributed by atoms with van der Waals surface area (Å²) in [4.78, 5) is 11.9. The first kappa shape index (κ1) is 12.4. The van der Waals surface area contributed by atoms with Gasteiger partial charge in [0.25, 0.3) is 5.91 Å². The third-order valence-electron chi connectivity index (χ3n) is 2.45. The van der Waals surface area contributed by atoms with E-state index in [0.29, 0.717) is 29.4 Å². The van der Waals surface area contributed by atoms with Gasteiger partial charge in [-0.3, -0.25) is 9.48 Å². The van der Waals surface area contributed by atoms with Crippen LogP contribution in [0.1, 0.15) is 10.4 Å². The number of nitrogens with zero attached hydrogens (tertiary/aromatic N) is 2. The Morgan fingerprint density at radius 3 is 3.06 bits per heavy atom. The smallest absolute Gasteiger partial charge is 0.253 e. The van der Waals surface area contributed by atoms with E-state index < -0.39 is 0 Å². The number of hydrogen-bond acceptors (Lipinski definition) is 3. The molecule has 94 valence electrons. The lowest BCUT2D eigenvalue weighted by atomic mass is 10.1. The van der Waals surface area contributed by atoms with Crippen LogP contribution in [0, 0.1) is 0 Å². The van der Waals surface area contributed by atoms with Crippen LogP contribution >= 0.6 is 11.6 Å². The molecule has 18 heavy (non-hydrogen) atoms. The number of amides is 1. The van der Waals surface area contributed by atoms with Crippen LogP contribution in [0.15, 0.2) is 36.7 Å². The zero-order chi connectivity index (χ0) is 13.0. The van der Waals surface area contributed by atoms with Gasteiger partial charge in [-0.15, -0.1) is 0 Å². The van der Waals surface area contributed by atoms with E-state index in [1.54, 1.807) is 29.1 Å². The molecule has 0 atom stereocenters. The molecule has 0 aliphatic rings. The van der Waals surface area contributed by atoms with Gasteiger partial charge in [0.1, 0.15) is 0 Å². The molecule has 0 spiro atoms. The van der Waals surface area contributed by atoms with Crippen LogP contribution < -0.4 is 11.1 Å². The average Bonchev–Trinajstić information content (AvgIpc) is 2.85. The van der Waals surface area contributed by atoms with E-state index in [-0.39, 0.29) is 5.91 Å². The van der Waals surface area contributed by atoms with Crippen molar-refractivity contribution in [3.05, 3.63) is 47.2 Å². The van der Waals surface area contributed by atoms with Crippen LogP contribution in [0.3, 0.4) is 0 Å². The Hall–Kier alpha value is -2.01. The summed E-state index contributed by atoms with van der Waals surface area (Å²) in [5, 5.41) is 7.29. The van der Waals surface area contributed by atoms with Crippen LogP contribution in [0.25, 0.3) is 0 Å². The predicted octanol–water partition coefficient (Wildman–Crippen LogP) is 1.55. The molecular weight excluding hydrogens is 252 g/mol. The molecule has 0 fully saturated rings. The Morgan fingerprint density at radius 2 is 2.33 bits per heavy atom. The van der Waals surface area contributed by atoms with Gasteiger partial charge in [0.2, 0.25) is 0 Å². The normalized spacial score (nSPS) is 10.3. The Bertz CT molecular complexity index is 539. The van der Waals surface area contributed by atoms with Gasteiger partial charge in [-0.2, -0.15) is 5.10 Å². The Labute approximate surface area is 110 Å². The lowest BCUT2D eigenvalue weighted by molar-refractivity contribution is 0.0953. The van der Waals surface area contributed by atoms with E-state index in [1.165, 1.54) is 0 Å². The van der Waals surface area contributed by atoms with E-state index in [4.69, 9.17) is 17.3 Å². The van der Waals surface area contributed by atoms with Crippen LogP contribution in [-0.4, -0.2) is 22.2 Å². The van der Waals surface area contributed by atoms with Crippen molar-refractivity contribution in [3.63, 3.8) is 0 Å². The topological polar surface area (TPSA) is 72.9 Å². The zero-order valence-corrected chi connectivity index (χ0v) is 10.4. The first-order chi connectivity index (χ1) is 8.66. The summed E-state index contributed by atoms with van der Waals surface area (Å²) < 4.78 is 1.74. The molecule has 3 N–H and O–H groups in total. The van der Waals surface area contributed by atoms with Gasteiger partial charge < -0.3 is 11.1 Å². The number of nitrogens with two attached hydrogens (primary N) is 1. The molecule has 1 heterocycles. The molecule has 0 saturated heterocycles. The molecule has 1 aromatic carbocycles. The van der Waals surface area contributed by atoms with Crippen molar-refractivity contribution in [2.75, 3.05) is 12.3 Å². The van der Waals surface area contributed by atoms with Crippen molar-refractivity contribution in [2.24, 2.45) is 0 Å². The number of nitrogens with one attached hydrogen (secondary N) is 1. The molecule has 0 aliphatic heterocycles. The summed E-state index contributed by atoms with van der Waals surface area (Å²) in [5.41, 5.74) is 6.52. The van der Waals surface area contributed by atoms with E-state index in [2.05, 4.69) is 10.4 Å². The number of hydrogen-bond donors (Lipinski definition) is 2. The first-order valence-corrected chi connectivity index (χ1v) is 5.85. The van der Waals surface area contributed by atoms with Gasteiger partial charge in [-0.25, -0.2) is 0 Å². The quantitative estimate of drug-likeness (QED) is 0.823. The summed E-state index contributed by atoms with van der Waals surface area (Å²) in [6, 6.07) is 6.65. The highest BCUT2D eigenvalue weighted by Gasteiger charge is 2.09. The second kappa shape index (κ2) is 5.55. The molecule has 0 radical (unpaired) electrons. The molecule has 2 rings (SSSR count). The molecule has 0 bridgehead atoms. The second-order valence-electron chi connectivity index (χ2n) is 3.76. The number of halogens is 1. The summed E-state index contributed by atoms with van der Waals surface area (Å²) in [6.45, 7) is 1.09. The number of rotatable bonds is 4. The largest absolute Gasteiger partial charge is 0.398 e. The molecule has 5 nitrogen and oxygen atoms in total. The summed E-state index contributed by atoms with van der Waals surface area (Å²) in [6.07, 6.45) is 3.52. The maximum absolute atomic E-state index is 11.9. The highest BCUT2D eigenvalue weighted by molar-refractivity contribution is 6.31. The fraction of sp³-hybridized carbons (Fsp3) is 0.167. The highest BCUT2D eigenvalue weighted by Crippen LogP contribution is 2.17. The monoisotopic (exact) mass is 264 g/mol. The molecule has 6 heteroatoms. The number of benzene rings is 1. The summed E-state index contributed by atoms with van der Waals surface area (Å²) >= 11 is 5.83. The molecule has 0 saturated carbocycles. The highest BCUT2D eigenvalue weighted by atomic mass is 35.5. The number of carbonyl (C=O) groups is 1. The van der Waals surface area contributed by atoms with Gasteiger partial charge in [0.15, 0.2) is 0 Å². The molecule has 0 unspecified atom stereocenters. The SMILES string of the molecule is Nc1ccc(Cl)cc1C(=O)NCCn1cccn1. The maximum atomic E-state index is 11.9. The minimum atomic E-state index is -0.234. The zero-order valence-electron chi connectivity index (χ0n) is 9.64. The van der Waals surface area contributed by atoms with E-state index in [9.17, 15) is 4.79 Å². The minimum Gasteiger partial charge on any atom is -0.398 e. The fourth-order valence-electron chi connectivity index (χ4n) is 1.54. The van der Waals surface area contributed by atoms with E-state index >= 15 is 0 Å². The average molecular weight is 265 g/mol. The molecular formula is C12H13ClN4O. The third-order valence-corrected chi connectivity index (χ3v) is 2.68. The van der Waals surface area contributed by atoms with E-state index in [0.717, 1.165) is 0 Å². The van der Waals surface area contributed by atoms with Gasteiger partial charge in [-0.1, -0.05) is 11.6 Å². The van der Waals surface area contributed by atoms with Crippen molar-refractivity contribution in [1.29, 1.82) is 0 Å². The maximum Gasteiger partial charge on any atom is 0.253 e. The lowest BCUT2D eigenvalue weighted by Gasteiger charge is -2.08. The van der Waals surface area contributed by atoms with Crippen LogP contribution in [0.4, 0.5) is 5.69 Å². The van der Waals surface area contributed by atoms with Crippen molar-refractivity contribution in [3.8, 4) is 0 Å². The first-order valence-electron chi connectivity index (χ1n) is 5.47. The minimum absolute atomic E-state index is 0.234. The Morgan fingerprint density at radius 1 is 1.50 bits per heavy atom. The molecule has 0 aliphatic carbocycles. The standard InChI is InChI=1S/C12H13ClN4O/c13-9-2-3-11(14)10(8-9)12(18)15-5-7-17-6-1-4-16-17/h1-4,6,8H,5,7,14H2,(H,15,18). The van der Waals surface area contributed by atoms with Crippen molar-refractivity contribution < 1.29 is 4.79 Å². The summed E-state index contributed by atoms with van der Waals surface area (Å²) in [5.74, 6) is -0.234. The number of carbonyl (C=O) groups excluding carboxylic acids is 1. The number of anilines is 1. The van der Waals surface area contributed by atoms with Crippen LogP contribution in [0.5, 0.6) is 0 Å². The Kier molecular flexibility index (Phi) is 3.84. The van der Waals surface area contributed by atoms with Crippen molar-refractivity contribution >= 4 is 23.2 Å². The third kappa shape index (κ3) is 3.01. The lowest BCUT2D eigenvalue weighted by Crippen LogP contribution is -2.28. The molecule has 2 aromatic rings. The van der Waals surface area contributed by atoms with Crippen molar-refractivity contribution in [2.45, 2.75) is 6.54 Å². The van der Waals surface area contributed by atoms with Gasteiger partial charge in [0.05, 0.1) is 12.1 Å². The predicted molar refractivity (Wildman–Crippen MR) is 70.4 cm³/mol. The molecule has 1 aromatic heterocycles. The van der Waals surface area contributed by atoms with Gasteiger partial charge in [-0.05, 0) is 24.3 Å². The Balaban J connectivity index is 1.93. The second-order valence-corrected chi connectivity index (χ2v) is 4.19. The van der Waals surface area contributed by atoms with Crippen molar-refractivity contribution in [1.82, 2.24) is 15.1 Å². The number of aromatic nitrogens is 2. The summed E-state index contributed by atoms with van der Waals surface area (Å²) in [7, 11) is 0. The van der Waals surface area contributed by atoms with Gasteiger partial charge >= 0.3 is 0 Å².